The fourth-order valence-electron chi connectivity index (χ4n) is 2.98. The van der Waals surface area contributed by atoms with Crippen LogP contribution in [0.25, 0.3) is 0 Å². The molecule has 1 aliphatic rings. The van der Waals surface area contributed by atoms with E-state index < -0.39 is 0 Å². The first-order chi connectivity index (χ1) is 11.2. The predicted octanol–water partition coefficient (Wildman–Crippen LogP) is 3.63. The Balaban J connectivity index is 1.83. The van der Waals surface area contributed by atoms with Crippen molar-refractivity contribution in [2.45, 2.75) is 25.8 Å². The Kier molecular flexibility index (Phi) is 5.09. The van der Waals surface area contributed by atoms with Crippen LogP contribution in [0.2, 0.25) is 0 Å². The molecule has 1 saturated heterocycles. The fourth-order valence-corrected chi connectivity index (χ4v) is 2.98. The summed E-state index contributed by atoms with van der Waals surface area (Å²) in [6.45, 7) is 3.43. The summed E-state index contributed by atoms with van der Waals surface area (Å²) in [7, 11) is 0. The van der Waals surface area contributed by atoms with E-state index in [-0.39, 0.29) is 17.9 Å². The lowest BCUT2D eigenvalue weighted by Gasteiger charge is -2.26. The monoisotopic (exact) mass is 309 g/mol. The number of benzene rings is 2. The van der Waals surface area contributed by atoms with Gasteiger partial charge in [0.1, 0.15) is 0 Å². The molecule has 1 amide bonds. The van der Waals surface area contributed by atoms with Gasteiger partial charge in [-0.3, -0.25) is 4.79 Å². The summed E-state index contributed by atoms with van der Waals surface area (Å²) in [6, 6.07) is 18.4. The third-order valence-electron chi connectivity index (χ3n) is 4.42. The van der Waals surface area contributed by atoms with Crippen LogP contribution in [0.4, 0.5) is 0 Å². The molecule has 1 unspecified atom stereocenters. The molecule has 0 aliphatic carbocycles. The van der Waals surface area contributed by atoms with Crippen LogP contribution in [0.3, 0.4) is 0 Å². The van der Waals surface area contributed by atoms with Gasteiger partial charge in [-0.15, -0.1) is 0 Å². The van der Waals surface area contributed by atoms with Crippen molar-refractivity contribution in [1.29, 1.82) is 0 Å². The predicted molar refractivity (Wildman–Crippen MR) is 91.1 cm³/mol. The molecule has 23 heavy (non-hydrogen) atoms. The fraction of sp³-hybridized carbons (Fsp3) is 0.350. The van der Waals surface area contributed by atoms with Crippen molar-refractivity contribution in [3.63, 3.8) is 0 Å². The van der Waals surface area contributed by atoms with E-state index in [1.54, 1.807) is 0 Å². The van der Waals surface area contributed by atoms with Gasteiger partial charge in [0, 0.05) is 19.1 Å². The van der Waals surface area contributed by atoms with E-state index in [1.807, 2.05) is 18.2 Å². The normalized spacial score (nSPS) is 16.7. The van der Waals surface area contributed by atoms with Crippen molar-refractivity contribution >= 4 is 5.91 Å². The number of carbonyl (C=O) groups is 1. The zero-order chi connectivity index (χ0) is 16.1. The molecule has 3 nitrogen and oxygen atoms in total. The molecule has 1 heterocycles. The minimum atomic E-state index is -0.104. The molecule has 0 bridgehead atoms. The van der Waals surface area contributed by atoms with E-state index in [4.69, 9.17) is 4.74 Å². The molecule has 1 fully saturated rings. The average molecular weight is 309 g/mol. The Morgan fingerprint density at radius 2 is 1.61 bits per heavy atom. The summed E-state index contributed by atoms with van der Waals surface area (Å²) in [4.78, 5) is 12.7. The number of ether oxygens (including phenoxy) is 1. The lowest BCUT2D eigenvalue weighted by atomic mass is 9.95. The average Bonchev–Trinajstić information content (AvgIpc) is 2.62. The Morgan fingerprint density at radius 3 is 2.26 bits per heavy atom. The molecule has 2 aromatic carbocycles. The van der Waals surface area contributed by atoms with Crippen molar-refractivity contribution in [2.24, 2.45) is 5.92 Å². The first-order valence-electron chi connectivity index (χ1n) is 8.23. The zero-order valence-corrected chi connectivity index (χ0v) is 13.5. The van der Waals surface area contributed by atoms with Gasteiger partial charge >= 0.3 is 0 Å². The molecule has 0 aromatic heterocycles. The molecule has 0 saturated carbocycles. The number of nitrogens with one attached hydrogen (secondary N) is 1. The van der Waals surface area contributed by atoms with Gasteiger partial charge < -0.3 is 10.1 Å². The molecule has 0 spiro atoms. The molecule has 120 valence electrons. The van der Waals surface area contributed by atoms with Gasteiger partial charge in [-0.2, -0.15) is 0 Å². The molecule has 3 rings (SSSR count). The van der Waals surface area contributed by atoms with Gasteiger partial charge in [-0.05, 0) is 30.9 Å². The highest BCUT2D eigenvalue weighted by Crippen LogP contribution is 2.24. The van der Waals surface area contributed by atoms with Crippen LogP contribution in [0.15, 0.2) is 54.6 Å². The second-order valence-corrected chi connectivity index (χ2v) is 6.15. The first-order valence-corrected chi connectivity index (χ1v) is 8.23. The van der Waals surface area contributed by atoms with E-state index in [0.29, 0.717) is 13.2 Å². The second kappa shape index (κ2) is 7.42. The minimum absolute atomic E-state index is 0.0559. The van der Waals surface area contributed by atoms with Crippen LogP contribution >= 0.6 is 0 Å². The van der Waals surface area contributed by atoms with E-state index >= 15 is 0 Å². The third kappa shape index (κ3) is 3.99. The SMILES string of the molecule is Cc1ccc(C(NC(=O)C2CCOCC2)c2ccccc2)cc1. The molecule has 3 heteroatoms. The Bertz CT molecular complexity index is 630. The van der Waals surface area contributed by atoms with Crippen LogP contribution in [-0.2, 0) is 9.53 Å². The highest BCUT2D eigenvalue weighted by atomic mass is 16.5. The van der Waals surface area contributed by atoms with Gasteiger partial charge in [0.15, 0.2) is 0 Å². The molecule has 2 aromatic rings. The number of hydrogen-bond acceptors (Lipinski definition) is 2. The van der Waals surface area contributed by atoms with Crippen molar-refractivity contribution < 1.29 is 9.53 Å². The molecule has 1 atom stereocenters. The third-order valence-corrected chi connectivity index (χ3v) is 4.42. The maximum atomic E-state index is 12.7. The number of aryl methyl sites for hydroxylation is 1. The van der Waals surface area contributed by atoms with Crippen LogP contribution < -0.4 is 5.32 Å². The summed E-state index contributed by atoms with van der Waals surface area (Å²) >= 11 is 0. The summed E-state index contributed by atoms with van der Waals surface area (Å²) in [5.41, 5.74) is 3.44. The number of rotatable bonds is 4. The lowest BCUT2D eigenvalue weighted by Crippen LogP contribution is -2.37. The van der Waals surface area contributed by atoms with Crippen LogP contribution in [0.1, 0.15) is 35.6 Å². The van der Waals surface area contributed by atoms with E-state index in [1.165, 1.54) is 5.56 Å². The highest BCUT2D eigenvalue weighted by Gasteiger charge is 2.25. The Labute approximate surface area is 137 Å². The number of amides is 1. The molecular weight excluding hydrogens is 286 g/mol. The topological polar surface area (TPSA) is 38.3 Å². The molecule has 1 aliphatic heterocycles. The highest BCUT2D eigenvalue weighted by molar-refractivity contribution is 5.79. The van der Waals surface area contributed by atoms with Gasteiger partial charge in [0.2, 0.25) is 5.91 Å². The minimum Gasteiger partial charge on any atom is -0.381 e. The van der Waals surface area contributed by atoms with Crippen molar-refractivity contribution in [2.75, 3.05) is 13.2 Å². The molecular formula is C20H23NO2. The maximum Gasteiger partial charge on any atom is 0.224 e. The zero-order valence-electron chi connectivity index (χ0n) is 13.5. The largest absolute Gasteiger partial charge is 0.381 e. The van der Waals surface area contributed by atoms with Crippen LogP contribution in [0.5, 0.6) is 0 Å². The standard InChI is InChI=1S/C20H23NO2/c1-15-7-9-17(10-8-15)19(16-5-3-2-4-6-16)21-20(22)18-11-13-23-14-12-18/h2-10,18-19H,11-14H2,1H3,(H,21,22). The van der Waals surface area contributed by atoms with Crippen molar-refractivity contribution in [3.8, 4) is 0 Å². The van der Waals surface area contributed by atoms with Crippen molar-refractivity contribution in [1.82, 2.24) is 5.32 Å². The smallest absolute Gasteiger partial charge is 0.224 e. The van der Waals surface area contributed by atoms with E-state index in [9.17, 15) is 4.79 Å². The molecule has 0 radical (unpaired) electrons. The summed E-state index contributed by atoms with van der Waals surface area (Å²) in [6.07, 6.45) is 1.61. The van der Waals surface area contributed by atoms with Gasteiger partial charge in [-0.25, -0.2) is 0 Å². The van der Waals surface area contributed by atoms with Crippen LogP contribution in [0, 0.1) is 12.8 Å². The van der Waals surface area contributed by atoms with Crippen molar-refractivity contribution in [3.05, 3.63) is 71.3 Å². The summed E-state index contributed by atoms with van der Waals surface area (Å²) in [5.74, 6) is 0.183. The van der Waals surface area contributed by atoms with Gasteiger partial charge in [-0.1, -0.05) is 60.2 Å². The first kappa shape index (κ1) is 15.8. The number of carbonyl (C=O) groups excluding carboxylic acids is 1. The maximum absolute atomic E-state index is 12.7. The summed E-state index contributed by atoms with van der Waals surface area (Å²) in [5, 5.41) is 3.24. The Hall–Kier alpha value is -2.13. The Morgan fingerprint density at radius 1 is 1.00 bits per heavy atom. The van der Waals surface area contributed by atoms with Gasteiger partial charge in [0.25, 0.3) is 0 Å². The van der Waals surface area contributed by atoms with Crippen LogP contribution in [-0.4, -0.2) is 19.1 Å². The second-order valence-electron chi connectivity index (χ2n) is 6.15. The van der Waals surface area contributed by atoms with Gasteiger partial charge in [0.05, 0.1) is 6.04 Å². The molecule has 1 N–H and O–H groups in total. The van der Waals surface area contributed by atoms with E-state index in [2.05, 4.69) is 48.6 Å². The quantitative estimate of drug-likeness (QED) is 0.936. The summed E-state index contributed by atoms with van der Waals surface area (Å²) < 4.78 is 5.36. The van der Waals surface area contributed by atoms with E-state index in [0.717, 1.165) is 24.0 Å². The number of hydrogen-bond donors (Lipinski definition) is 1. The lowest BCUT2D eigenvalue weighted by molar-refractivity contribution is -0.128.